The van der Waals surface area contributed by atoms with Crippen molar-refractivity contribution >= 4 is 17.2 Å². The lowest BCUT2D eigenvalue weighted by Gasteiger charge is -2.08. The van der Waals surface area contributed by atoms with Crippen LogP contribution in [0.15, 0.2) is 60.0 Å². The van der Waals surface area contributed by atoms with Crippen molar-refractivity contribution in [3.05, 3.63) is 65.5 Å². The van der Waals surface area contributed by atoms with E-state index in [1.165, 1.54) is 0 Å². The summed E-state index contributed by atoms with van der Waals surface area (Å²) in [5.41, 5.74) is 4.28. The number of nitrogens with one attached hydrogen (secondary N) is 1. The maximum Gasteiger partial charge on any atom is 0.222 e. The number of rotatable bonds is 5. The van der Waals surface area contributed by atoms with Crippen molar-refractivity contribution in [1.82, 2.24) is 10.3 Å². The zero-order valence-corrected chi connectivity index (χ0v) is 14.6. The van der Waals surface area contributed by atoms with Crippen LogP contribution in [-0.2, 0) is 11.3 Å². The standard InChI is InChI=1S/C20H20N2OS/c1-14(2)19(23)21-12-15-7-6-10-17(11-15)20-22-18(13-24-20)16-8-4-3-5-9-16/h3-11,13-14H,12H2,1-2H3,(H,21,23). The van der Waals surface area contributed by atoms with Crippen LogP contribution in [0.3, 0.4) is 0 Å². The van der Waals surface area contributed by atoms with Gasteiger partial charge in [-0.2, -0.15) is 0 Å². The van der Waals surface area contributed by atoms with E-state index in [2.05, 4.69) is 35.0 Å². The quantitative estimate of drug-likeness (QED) is 0.730. The summed E-state index contributed by atoms with van der Waals surface area (Å²) in [5.74, 6) is 0.0709. The van der Waals surface area contributed by atoms with Crippen molar-refractivity contribution < 1.29 is 4.79 Å². The van der Waals surface area contributed by atoms with Crippen molar-refractivity contribution in [1.29, 1.82) is 0 Å². The van der Waals surface area contributed by atoms with E-state index >= 15 is 0 Å². The maximum absolute atomic E-state index is 11.7. The van der Waals surface area contributed by atoms with Gasteiger partial charge in [0.2, 0.25) is 5.91 Å². The molecule has 4 heteroatoms. The molecule has 0 aliphatic heterocycles. The molecule has 0 saturated carbocycles. The first-order chi connectivity index (χ1) is 11.6. The Bertz CT molecular complexity index is 824. The molecule has 0 aliphatic rings. The Balaban J connectivity index is 1.77. The SMILES string of the molecule is CC(C)C(=O)NCc1cccc(-c2nc(-c3ccccc3)cs2)c1. The number of carbonyl (C=O) groups is 1. The summed E-state index contributed by atoms with van der Waals surface area (Å²) in [6.07, 6.45) is 0. The molecule has 0 bridgehead atoms. The third-order valence-corrected chi connectivity index (χ3v) is 4.63. The fraction of sp³-hybridized carbons (Fsp3) is 0.200. The molecular weight excluding hydrogens is 316 g/mol. The number of benzene rings is 2. The van der Waals surface area contributed by atoms with Gasteiger partial charge in [0.05, 0.1) is 5.69 Å². The van der Waals surface area contributed by atoms with E-state index in [1.54, 1.807) is 11.3 Å². The third kappa shape index (κ3) is 3.89. The fourth-order valence-electron chi connectivity index (χ4n) is 2.36. The Hall–Kier alpha value is -2.46. The van der Waals surface area contributed by atoms with Gasteiger partial charge in [-0.05, 0) is 11.6 Å². The van der Waals surface area contributed by atoms with Crippen molar-refractivity contribution in [3.8, 4) is 21.8 Å². The first-order valence-electron chi connectivity index (χ1n) is 8.01. The monoisotopic (exact) mass is 336 g/mol. The largest absolute Gasteiger partial charge is 0.352 e. The number of hydrogen-bond donors (Lipinski definition) is 1. The van der Waals surface area contributed by atoms with E-state index < -0.39 is 0 Å². The highest BCUT2D eigenvalue weighted by molar-refractivity contribution is 7.13. The smallest absolute Gasteiger partial charge is 0.222 e. The molecule has 3 aromatic rings. The van der Waals surface area contributed by atoms with Crippen LogP contribution in [0.25, 0.3) is 21.8 Å². The average molecular weight is 336 g/mol. The van der Waals surface area contributed by atoms with Crippen LogP contribution in [0.1, 0.15) is 19.4 Å². The fourth-order valence-corrected chi connectivity index (χ4v) is 3.18. The van der Waals surface area contributed by atoms with E-state index in [-0.39, 0.29) is 11.8 Å². The number of thiazole rings is 1. The molecule has 1 amide bonds. The van der Waals surface area contributed by atoms with Gasteiger partial charge in [0, 0.05) is 29.0 Å². The Morgan fingerprint density at radius 3 is 2.58 bits per heavy atom. The summed E-state index contributed by atoms with van der Waals surface area (Å²) in [6.45, 7) is 4.33. The third-order valence-electron chi connectivity index (χ3n) is 3.74. The molecule has 1 aromatic heterocycles. The Morgan fingerprint density at radius 1 is 1.08 bits per heavy atom. The molecule has 122 valence electrons. The summed E-state index contributed by atoms with van der Waals surface area (Å²) < 4.78 is 0. The van der Waals surface area contributed by atoms with Crippen LogP contribution in [-0.4, -0.2) is 10.9 Å². The molecule has 3 rings (SSSR count). The molecule has 2 aromatic carbocycles. The van der Waals surface area contributed by atoms with Crippen molar-refractivity contribution in [2.45, 2.75) is 20.4 Å². The van der Waals surface area contributed by atoms with Gasteiger partial charge in [0.25, 0.3) is 0 Å². The number of hydrogen-bond acceptors (Lipinski definition) is 3. The lowest BCUT2D eigenvalue weighted by Crippen LogP contribution is -2.27. The van der Waals surface area contributed by atoms with Gasteiger partial charge in [-0.25, -0.2) is 4.98 Å². The van der Waals surface area contributed by atoms with Gasteiger partial charge in [0.15, 0.2) is 0 Å². The van der Waals surface area contributed by atoms with Gasteiger partial charge in [0.1, 0.15) is 5.01 Å². The Labute approximate surface area is 146 Å². The van der Waals surface area contributed by atoms with Crippen LogP contribution < -0.4 is 5.32 Å². The first-order valence-corrected chi connectivity index (χ1v) is 8.89. The molecule has 3 nitrogen and oxygen atoms in total. The summed E-state index contributed by atoms with van der Waals surface area (Å²) in [4.78, 5) is 16.5. The molecule has 0 radical (unpaired) electrons. The van der Waals surface area contributed by atoms with E-state index in [1.807, 2.05) is 44.2 Å². The molecule has 0 unspecified atom stereocenters. The average Bonchev–Trinajstić information content (AvgIpc) is 3.11. The van der Waals surface area contributed by atoms with Gasteiger partial charge in [-0.15, -0.1) is 11.3 Å². The summed E-state index contributed by atoms with van der Waals surface area (Å²) in [7, 11) is 0. The number of amides is 1. The second-order valence-electron chi connectivity index (χ2n) is 5.98. The van der Waals surface area contributed by atoms with E-state index in [0.29, 0.717) is 6.54 Å². The summed E-state index contributed by atoms with van der Waals surface area (Å²) in [6, 6.07) is 18.4. The molecule has 0 spiro atoms. The van der Waals surface area contributed by atoms with Gasteiger partial charge in [-0.3, -0.25) is 4.79 Å². The van der Waals surface area contributed by atoms with E-state index in [0.717, 1.165) is 27.4 Å². The van der Waals surface area contributed by atoms with Crippen molar-refractivity contribution in [2.75, 3.05) is 0 Å². The lowest BCUT2D eigenvalue weighted by atomic mass is 10.1. The minimum atomic E-state index is 0.000533. The highest BCUT2D eigenvalue weighted by Crippen LogP contribution is 2.29. The topological polar surface area (TPSA) is 42.0 Å². The Morgan fingerprint density at radius 2 is 1.83 bits per heavy atom. The van der Waals surface area contributed by atoms with Crippen molar-refractivity contribution in [3.63, 3.8) is 0 Å². The molecule has 0 aliphatic carbocycles. The summed E-state index contributed by atoms with van der Waals surface area (Å²) in [5, 5.41) is 6.02. The van der Waals surface area contributed by atoms with Crippen LogP contribution in [0.4, 0.5) is 0 Å². The number of carbonyl (C=O) groups excluding carboxylic acids is 1. The molecule has 1 heterocycles. The second kappa shape index (κ2) is 7.41. The molecule has 1 N–H and O–H groups in total. The van der Waals surface area contributed by atoms with Crippen LogP contribution >= 0.6 is 11.3 Å². The van der Waals surface area contributed by atoms with Crippen LogP contribution in [0.2, 0.25) is 0 Å². The normalized spacial score (nSPS) is 10.8. The zero-order chi connectivity index (χ0) is 16.9. The van der Waals surface area contributed by atoms with E-state index in [4.69, 9.17) is 4.98 Å². The molecule has 24 heavy (non-hydrogen) atoms. The minimum Gasteiger partial charge on any atom is -0.352 e. The predicted molar refractivity (Wildman–Crippen MR) is 99.7 cm³/mol. The number of nitrogens with zero attached hydrogens (tertiary/aromatic N) is 1. The van der Waals surface area contributed by atoms with Gasteiger partial charge >= 0.3 is 0 Å². The highest BCUT2D eigenvalue weighted by Gasteiger charge is 2.09. The van der Waals surface area contributed by atoms with Gasteiger partial charge < -0.3 is 5.32 Å². The zero-order valence-electron chi connectivity index (χ0n) is 13.8. The van der Waals surface area contributed by atoms with Crippen molar-refractivity contribution in [2.24, 2.45) is 5.92 Å². The first kappa shape index (κ1) is 16.4. The molecular formula is C20H20N2OS. The Kier molecular flexibility index (Phi) is 5.06. The van der Waals surface area contributed by atoms with Gasteiger partial charge in [-0.1, -0.05) is 62.4 Å². The molecule has 0 fully saturated rings. The lowest BCUT2D eigenvalue weighted by molar-refractivity contribution is -0.124. The van der Waals surface area contributed by atoms with E-state index in [9.17, 15) is 4.79 Å². The molecule has 0 atom stereocenters. The summed E-state index contributed by atoms with van der Waals surface area (Å²) >= 11 is 1.64. The minimum absolute atomic E-state index is 0.000533. The second-order valence-corrected chi connectivity index (χ2v) is 6.83. The molecule has 0 saturated heterocycles. The van der Waals surface area contributed by atoms with Crippen LogP contribution in [0.5, 0.6) is 0 Å². The maximum atomic E-state index is 11.7. The number of aromatic nitrogens is 1. The highest BCUT2D eigenvalue weighted by atomic mass is 32.1. The predicted octanol–water partition coefficient (Wildman–Crippen LogP) is 4.75. The van der Waals surface area contributed by atoms with Crippen LogP contribution in [0, 0.1) is 5.92 Å².